The van der Waals surface area contributed by atoms with Crippen LogP contribution in [0.15, 0.2) is 18.2 Å². The molecule has 0 unspecified atom stereocenters. The molecule has 3 rings (SSSR count). The number of hydrogen-bond donors (Lipinski definition) is 0. The molecule has 34 heavy (non-hydrogen) atoms. The van der Waals surface area contributed by atoms with Gasteiger partial charge in [-0.05, 0) is 43.7 Å². The average molecular weight is 471 g/mol. The number of ether oxygens (including phenoxy) is 2. The Bertz CT molecular complexity index is 900. The lowest BCUT2D eigenvalue weighted by Crippen LogP contribution is -2.52. The van der Waals surface area contributed by atoms with Crippen molar-refractivity contribution in [3.63, 3.8) is 0 Å². The van der Waals surface area contributed by atoms with Crippen LogP contribution in [0.4, 0.5) is 5.69 Å². The summed E-state index contributed by atoms with van der Waals surface area (Å²) in [7, 11) is 0. The van der Waals surface area contributed by atoms with Crippen LogP contribution >= 0.6 is 0 Å². The van der Waals surface area contributed by atoms with Gasteiger partial charge in [0.05, 0.1) is 18.9 Å². The second-order valence-corrected chi connectivity index (χ2v) is 9.12. The van der Waals surface area contributed by atoms with Gasteiger partial charge in [-0.1, -0.05) is 45.9 Å². The second kappa shape index (κ2) is 12.5. The second-order valence-electron chi connectivity index (χ2n) is 9.12. The molecule has 7 nitrogen and oxygen atoms in total. The van der Waals surface area contributed by atoms with Gasteiger partial charge in [0.2, 0.25) is 5.88 Å². The van der Waals surface area contributed by atoms with Gasteiger partial charge in [0.25, 0.3) is 0 Å². The third-order valence-corrected chi connectivity index (χ3v) is 6.58. The summed E-state index contributed by atoms with van der Waals surface area (Å²) in [5.41, 5.74) is 5.49. The number of anilines is 1. The van der Waals surface area contributed by atoms with Crippen molar-refractivity contribution < 1.29 is 14.1 Å². The highest BCUT2D eigenvalue weighted by atomic mass is 16.6. The normalized spacial score (nSPS) is 15.4. The summed E-state index contributed by atoms with van der Waals surface area (Å²) in [5, 5.41) is 13.0. The van der Waals surface area contributed by atoms with Gasteiger partial charge in [0.15, 0.2) is 5.82 Å². The van der Waals surface area contributed by atoms with Crippen LogP contribution in [0.3, 0.4) is 0 Å². The maximum absolute atomic E-state index is 13.0. The molecule has 0 spiro atoms. The number of hydrogen-bond acceptors (Lipinski definition) is 6. The summed E-state index contributed by atoms with van der Waals surface area (Å²) >= 11 is 0. The van der Waals surface area contributed by atoms with Crippen LogP contribution in [-0.2, 0) is 17.6 Å². The molecular weight excluding hydrogens is 428 g/mol. The fraction of sp³-hybridized carbons (Fsp3) is 0.630. The van der Waals surface area contributed by atoms with Gasteiger partial charge < -0.3 is 24.2 Å². The number of rotatable bonds is 12. The quantitative estimate of drug-likeness (QED) is 0.324. The summed E-state index contributed by atoms with van der Waals surface area (Å²) in [5.74, 6) is 1.31. The molecule has 1 aromatic carbocycles. The van der Waals surface area contributed by atoms with Crippen LogP contribution in [-0.4, -0.2) is 67.2 Å². The summed E-state index contributed by atoms with van der Waals surface area (Å²) in [6.07, 6.45) is 3.89. The van der Waals surface area contributed by atoms with Crippen molar-refractivity contribution in [3.8, 4) is 17.3 Å². The maximum Gasteiger partial charge on any atom is 0.241 e. The van der Waals surface area contributed by atoms with Crippen LogP contribution < -0.4 is 9.64 Å². The minimum atomic E-state index is -0.265. The number of aromatic nitrogens is 2. The largest absolute Gasteiger partial charge is 0.633 e. The number of morpholine rings is 1. The summed E-state index contributed by atoms with van der Waals surface area (Å²) < 4.78 is 11.4. The highest BCUT2D eigenvalue weighted by Gasteiger charge is 2.24. The number of nitrogens with zero attached hydrogens (tertiary/aromatic N) is 4. The Hall–Kier alpha value is -2.22. The van der Waals surface area contributed by atoms with Gasteiger partial charge in [0, 0.05) is 18.7 Å². The maximum atomic E-state index is 13.0. The number of benzene rings is 1. The van der Waals surface area contributed by atoms with Crippen LogP contribution in [0.2, 0.25) is 0 Å². The van der Waals surface area contributed by atoms with E-state index >= 15 is 0 Å². The van der Waals surface area contributed by atoms with E-state index in [1.54, 1.807) is 0 Å². The Balaban J connectivity index is 2.01. The molecule has 0 N–H and O–H groups in total. The Kier molecular flexibility index (Phi) is 9.68. The minimum absolute atomic E-state index is 0.265. The van der Waals surface area contributed by atoms with Crippen molar-refractivity contribution in [2.24, 2.45) is 0 Å². The first kappa shape index (κ1) is 26.4. The first-order valence-electron chi connectivity index (χ1n) is 13.0. The Morgan fingerprint density at radius 3 is 2.18 bits per heavy atom. The zero-order chi connectivity index (χ0) is 24.6. The lowest BCUT2D eigenvalue weighted by atomic mass is 9.97. The fourth-order valence-corrected chi connectivity index (χ4v) is 4.73. The lowest BCUT2D eigenvalue weighted by molar-refractivity contribution is -0.888. The zero-order valence-corrected chi connectivity index (χ0v) is 21.7. The van der Waals surface area contributed by atoms with Crippen molar-refractivity contribution in [2.45, 2.75) is 60.3 Å². The topological polar surface area (TPSA) is 70.5 Å². The van der Waals surface area contributed by atoms with E-state index in [4.69, 9.17) is 19.4 Å². The SMILES string of the molecule is CCCN(CCC)c1c(C)nc(-c2c(CC)cccc2CC)nc1OCC[N+]1([O-])CCOCC1. The van der Waals surface area contributed by atoms with E-state index in [1.165, 1.54) is 11.1 Å². The standard InChI is InChI=1S/C27H42N4O3/c1-6-13-30(14-7-2)25-21(5)28-26(24-22(8-3)11-10-12-23(24)9-4)29-27(25)34-20-17-31(32)15-18-33-19-16-31/h10-12H,6-9,13-20H2,1-5H3. The molecule has 1 fully saturated rings. The molecule has 1 aromatic heterocycles. The highest BCUT2D eigenvalue weighted by molar-refractivity contribution is 5.69. The summed E-state index contributed by atoms with van der Waals surface area (Å²) in [4.78, 5) is 12.3. The van der Waals surface area contributed by atoms with E-state index in [9.17, 15) is 5.21 Å². The number of quaternary nitrogens is 1. The monoisotopic (exact) mass is 470 g/mol. The molecule has 0 atom stereocenters. The first-order valence-corrected chi connectivity index (χ1v) is 13.0. The van der Waals surface area contributed by atoms with E-state index in [0.717, 1.165) is 61.5 Å². The van der Waals surface area contributed by atoms with Crippen molar-refractivity contribution in [1.82, 2.24) is 9.97 Å². The molecule has 1 aliphatic heterocycles. The Morgan fingerprint density at radius 1 is 1.00 bits per heavy atom. The zero-order valence-electron chi connectivity index (χ0n) is 21.7. The van der Waals surface area contributed by atoms with Crippen LogP contribution in [0.25, 0.3) is 11.4 Å². The predicted molar refractivity (Wildman–Crippen MR) is 138 cm³/mol. The first-order chi connectivity index (χ1) is 16.5. The molecule has 0 radical (unpaired) electrons. The van der Waals surface area contributed by atoms with Crippen LogP contribution in [0.1, 0.15) is 57.4 Å². The highest BCUT2D eigenvalue weighted by Crippen LogP contribution is 2.35. The molecular formula is C27H42N4O3. The van der Waals surface area contributed by atoms with E-state index in [1.807, 2.05) is 0 Å². The molecule has 188 valence electrons. The van der Waals surface area contributed by atoms with Crippen molar-refractivity contribution in [1.29, 1.82) is 0 Å². The summed E-state index contributed by atoms with van der Waals surface area (Å²) in [6, 6.07) is 6.43. The molecule has 1 aliphatic rings. The van der Waals surface area contributed by atoms with Gasteiger partial charge >= 0.3 is 0 Å². The third-order valence-electron chi connectivity index (χ3n) is 6.58. The van der Waals surface area contributed by atoms with E-state index in [-0.39, 0.29) is 4.65 Å². The molecule has 0 aliphatic carbocycles. The van der Waals surface area contributed by atoms with Crippen molar-refractivity contribution in [3.05, 3.63) is 40.2 Å². The predicted octanol–water partition coefficient (Wildman–Crippen LogP) is 4.93. The number of aryl methyl sites for hydroxylation is 3. The van der Waals surface area contributed by atoms with E-state index in [0.29, 0.717) is 45.3 Å². The van der Waals surface area contributed by atoms with Crippen molar-refractivity contribution in [2.75, 3.05) is 57.4 Å². The Morgan fingerprint density at radius 2 is 1.62 bits per heavy atom. The molecule has 0 bridgehead atoms. The van der Waals surface area contributed by atoms with Gasteiger partial charge in [-0.25, -0.2) is 4.98 Å². The minimum Gasteiger partial charge on any atom is -0.633 e. The van der Waals surface area contributed by atoms with E-state index < -0.39 is 0 Å². The summed E-state index contributed by atoms with van der Waals surface area (Å²) in [6.45, 7) is 15.3. The molecule has 0 saturated carbocycles. The van der Waals surface area contributed by atoms with Gasteiger partial charge in [-0.15, -0.1) is 0 Å². The fourth-order valence-electron chi connectivity index (χ4n) is 4.73. The molecule has 2 heterocycles. The Labute approximate surface area is 205 Å². The van der Waals surface area contributed by atoms with Crippen molar-refractivity contribution >= 4 is 5.69 Å². The van der Waals surface area contributed by atoms with Crippen LogP contribution in [0.5, 0.6) is 5.88 Å². The molecule has 0 amide bonds. The van der Waals surface area contributed by atoms with Crippen LogP contribution in [0, 0.1) is 12.1 Å². The molecule has 7 heteroatoms. The van der Waals surface area contributed by atoms with E-state index in [2.05, 4.69) is 57.7 Å². The van der Waals surface area contributed by atoms with Gasteiger partial charge in [0.1, 0.15) is 31.9 Å². The third kappa shape index (κ3) is 6.26. The molecule has 2 aromatic rings. The van der Waals surface area contributed by atoms with Gasteiger partial charge in [-0.3, -0.25) is 0 Å². The average Bonchev–Trinajstić information content (AvgIpc) is 2.83. The lowest BCUT2D eigenvalue weighted by Gasteiger charge is -2.44. The molecule has 1 saturated heterocycles. The number of hydroxylamine groups is 3. The smallest absolute Gasteiger partial charge is 0.241 e. The van der Waals surface area contributed by atoms with Gasteiger partial charge in [-0.2, -0.15) is 4.98 Å².